The molecular weight excluding hydrogens is 252 g/mol. The molecule has 0 aliphatic heterocycles. The number of carboxylic acid groups (broad SMARTS) is 3. The molecule has 0 amide bonds. The van der Waals surface area contributed by atoms with Gasteiger partial charge in [-0.05, 0) is 43.0 Å². The normalized spacial score (nSPS) is 10.5. The third-order valence-corrected chi connectivity index (χ3v) is 3.15. The Balaban J connectivity index is 3.16. The van der Waals surface area contributed by atoms with Gasteiger partial charge in [0.2, 0.25) is 0 Å². The van der Waals surface area contributed by atoms with E-state index in [0.29, 0.717) is 16.7 Å². The number of carboxylic acids is 3. The lowest BCUT2D eigenvalue weighted by Gasteiger charge is -2.13. The van der Waals surface area contributed by atoms with Crippen molar-refractivity contribution in [3.8, 4) is 0 Å². The molecule has 6 heteroatoms. The van der Waals surface area contributed by atoms with Gasteiger partial charge < -0.3 is 15.3 Å². The maximum atomic E-state index is 10.9. The molecule has 0 radical (unpaired) electrons. The minimum absolute atomic E-state index is 0.128. The van der Waals surface area contributed by atoms with Gasteiger partial charge in [0.1, 0.15) is 0 Å². The summed E-state index contributed by atoms with van der Waals surface area (Å²) in [7, 11) is 0. The molecule has 19 heavy (non-hydrogen) atoms. The van der Waals surface area contributed by atoms with E-state index in [2.05, 4.69) is 0 Å². The fourth-order valence-corrected chi connectivity index (χ4v) is 1.83. The van der Waals surface area contributed by atoms with Crippen LogP contribution in [0.2, 0.25) is 0 Å². The van der Waals surface area contributed by atoms with Gasteiger partial charge in [-0.1, -0.05) is 6.07 Å². The molecule has 0 aromatic heterocycles. The van der Waals surface area contributed by atoms with E-state index in [1.54, 1.807) is 13.8 Å². The molecule has 6 nitrogen and oxygen atoms in total. The van der Waals surface area contributed by atoms with Crippen molar-refractivity contribution in [2.45, 2.75) is 20.3 Å². The summed E-state index contributed by atoms with van der Waals surface area (Å²) >= 11 is 0. The molecule has 0 saturated carbocycles. The van der Waals surface area contributed by atoms with Crippen LogP contribution in [-0.2, 0) is 16.0 Å². The maximum Gasteiger partial charge on any atom is 0.335 e. The van der Waals surface area contributed by atoms with Crippen LogP contribution in [0.15, 0.2) is 12.1 Å². The summed E-state index contributed by atoms with van der Waals surface area (Å²) in [5.41, 5.74) is 1.77. The third kappa shape index (κ3) is 3.09. The minimum atomic E-state index is -1.53. The Kier molecular flexibility index (Phi) is 4.26. The second-order valence-electron chi connectivity index (χ2n) is 4.26. The summed E-state index contributed by atoms with van der Waals surface area (Å²) in [5, 5.41) is 26.6. The van der Waals surface area contributed by atoms with Gasteiger partial charge in [0.25, 0.3) is 0 Å². The van der Waals surface area contributed by atoms with E-state index in [4.69, 9.17) is 15.3 Å². The molecule has 0 unspecified atom stereocenters. The Morgan fingerprint density at radius 2 is 1.53 bits per heavy atom. The first kappa shape index (κ1) is 14.7. The van der Waals surface area contributed by atoms with Crippen molar-refractivity contribution in [3.05, 3.63) is 34.4 Å². The van der Waals surface area contributed by atoms with Crippen molar-refractivity contribution in [1.82, 2.24) is 0 Å². The van der Waals surface area contributed by atoms with Crippen molar-refractivity contribution in [2.75, 3.05) is 0 Å². The number of carbonyl (C=O) groups is 3. The molecule has 0 fully saturated rings. The van der Waals surface area contributed by atoms with Crippen molar-refractivity contribution >= 4 is 17.9 Å². The molecule has 0 saturated heterocycles. The fraction of sp³-hybridized carbons (Fsp3) is 0.308. The van der Waals surface area contributed by atoms with Crippen LogP contribution >= 0.6 is 0 Å². The van der Waals surface area contributed by atoms with Crippen LogP contribution in [0.25, 0.3) is 0 Å². The number of rotatable bonds is 5. The second-order valence-corrected chi connectivity index (χ2v) is 4.26. The van der Waals surface area contributed by atoms with Gasteiger partial charge >= 0.3 is 17.9 Å². The van der Waals surface area contributed by atoms with E-state index >= 15 is 0 Å². The molecule has 1 rings (SSSR count). The molecule has 0 bridgehead atoms. The van der Waals surface area contributed by atoms with E-state index < -0.39 is 23.8 Å². The summed E-state index contributed by atoms with van der Waals surface area (Å²) < 4.78 is 0. The molecule has 1 aromatic rings. The second kappa shape index (κ2) is 5.51. The van der Waals surface area contributed by atoms with E-state index in [0.717, 1.165) is 0 Å². The quantitative estimate of drug-likeness (QED) is 0.693. The highest BCUT2D eigenvalue weighted by Gasteiger charge is 2.27. The van der Waals surface area contributed by atoms with Crippen LogP contribution in [-0.4, -0.2) is 33.2 Å². The first-order chi connectivity index (χ1) is 8.75. The zero-order valence-corrected chi connectivity index (χ0v) is 10.5. The maximum absolute atomic E-state index is 10.9. The van der Waals surface area contributed by atoms with Crippen LogP contribution in [0, 0.1) is 19.8 Å². The summed E-state index contributed by atoms with van der Waals surface area (Å²) in [4.78, 5) is 32.6. The van der Waals surface area contributed by atoms with Gasteiger partial charge in [-0.2, -0.15) is 0 Å². The van der Waals surface area contributed by atoms with E-state index in [1.807, 2.05) is 0 Å². The van der Waals surface area contributed by atoms with E-state index in [9.17, 15) is 14.4 Å². The van der Waals surface area contributed by atoms with Crippen LogP contribution in [0.4, 0.5) is 0 Å². The average molecular weight is 266 g/mol. The van der Waals surface area contributed by atoms with Crippen molar-refractivity contribution in [3.63, 3.8) is 0 Å². The SMILES string of the molecule is Cc1c(CC(C(=O)O)C(=O)O)ccc(C(=O)O)c1C. The lowest BCUT2D eigenvalue weighted by atomic mass is 9.91. The molecule has 0 spiro atoms. The number of hydrogen-bond donors (Lipinski definition) is 3. The first-order valence-corrected chi connectivity index (χ1v) is 5.53. The Labute approximate surface area is 109 Å². The summed E-state index contributed by atoms with van der Waals surface area (Å²) in [5.74, 6) is -5.42. The number of hydrogen-bond acceptors (Lipinski definition) is 3. The Bertz CT molecular complexity index is 532. The Hall–Kier alpha value is -2.37. The molecule has 0 aliphatic carbocycles. The lowest BCUT2D eigenvalue weighted by molar-refractivity contribution is -0.154. The standard InChI is InChI=1S/C13H14O6/c1-6-7(2)9(11(14)15)4-3-8(6)5-10(12(16)17)13(18)19/h3-4,10H,5H2,1-2H3,(H,14,15)(H,16,17)(H,18,19). The lowest BCUT2D eigenvalue weighted by Crippen LogP contribution is -2.26. The summed E-state index contributed by atoms with van der Waals surface area (Å²) in [6.07, 6.45) is -0.169. The van der Waals surface area contributed by atoms with Crippen molar-refractivity contribution in [2.24, 2.45) is 5.92 Å². The molecule has 3 N–H and O–H groups in total. The highest BCUT2D eigenvalue weighted by atomic mass is 16.4. The highest BCUT2D eigenvalue weighted by Crippen LogP contribution is 2.21. The Morgan fingerprint density at radius 1 is 1.00 bits per heavy atom. The van der Waals surface area contributed by atoms with Crippen molar-refractivity contribution in [1.29, 1.82) is 0 Å². The number of aromatic carboxylic acids is 1. The van der Waals surface area contributed by atoms with Crippen LogP contribution in [0.5, 0.6) is 0 Å². The van der Waals surface area contributed by atoms with Gasteiger partial charge in [0.15, 0.2) is 5.92 Å². The molecule has 102 valence electrons. The van der Waals surface area contributed by atoms with Gasteiger partial charge in [-0.25, -0.2) is 4.79 Å². The topological polar surface area (TPSA) is 112 Å². The molecular formula is C13H14O6. The summed E-state index contributed by atoms with van der Waals surface area (Å²) in [6.45, 7) is 3.26. The zero-order valence-electron chi connectivity index (χ0n) is 10.5. The molecule has 0 aliphatic rings. The first-order valence-electron chi connectivity index (χ1n) is 5.53. The average Bonchev–Trinajstić information content (AvgIpc) is 2.29. The van der Waals surface area contributed by atoms with Gasteiger partial charge in [0, 0.05) is 0 Å². The molecule has 0 heterocycles. The van der Waals surface area contributed by atoms with E-state index in [-0.39, 0.29) is 12.0 Å². The predicted octanol–water partition coefficient (Wildman–Crippen LogP) is 1.33. The smallest absolute Gasteiger partial charge is 0.335 e. The predicted molar refractivity (Wildman–Crippen MR) is 65.3 cm³/mol. The van der Waals surface area contributed by atoms with Gasteiger partial charge in [-0.15, -0.1) is 0 Å². The van der Waals surface area contributed by atoms with Crippen LogP contribution < -0.4 is 0 Å². The van der Waals surface area contributed by atoms with Crippen LogP contribution in [0.1, 0.15) is 27.0 Å². The monoisotopic (exact) mass is 266 g/mol. The number of benzene rings is 1. The largest absolute Gasteiger partial charge is 0.481 e. The highest BCUT2D eigenvalue weighted by molar-refractivity contribution is 5.93. The van der Waals surface area contributed by atoms with Gasteiger partial charge in [-0.3, -0.25) is 9.59 Å². The molecule has 0 atom stereocenters. The fourth-order valence-electron chi connectivity index (χ4n) is 1.83. The van der Waals surface area contributed by atoms with E-state index in [1.165, 1.54) is 12.1 Å². The van der Waals surface area contributed by atoms with Crippen LogP contribution in [0.3, 0.4) is 0 Å². The zero-order chi connectivity index (χ0) is 14.7. The Morgan fingerprint density at radius 3 is 1.95 bits per heavy atom. The molecule has 1 aromatic carbocycles. The third-order valence-electron chi connectivity index (χ3n) is 3.15. The summed E-state index contributed by atoms with van der Waals surface area (Å²) in [6, 6.07) is 2.82. The van der Waals surface area contributed by atoms with Crippen molar-refractivity contribution < 1.29 is 29.7 Å². The number of aliphatic carboxylic acids is 2. The van der Waals surface area contributed by atoms with Gasteiger partial charge in [0.05, 0.1) is 5.56 Å². The minimum Gasteiger partial charge on any atom is -0.481 e.